The van der Waals surface area contributed by atoms with Crippen LogP contribution in [0.5, 0.6) is 0 Å². The lowest BCUT2D eigenvalue weighted by atomic mass is 9.89. The van der Waals surface area contributed by atoms with E-state index in [1.54, 1.807) is 0 Å². The van der Waals surface area contributed by atoms with Crippen LogP contribution in [-0.2, 0) is 0 Å². The Morgan fingerprint density at radius 2 is 1.34 bits per heavy atom. The van der Waals surface area contributed by atoms with Crippen molar-refractivity contribution in [3.8, 4) is 0 Å². The third-order valence-corrected chi connectivity index (χ3v) is 7.38. The van der Waals surface area contributed by atoms with Gasteiger partial charge in [0.15, 0.2) is 0 Å². The molecule has 29 heavy (non-hydrogen) atoms. The van der Waals surface area contributed by atoms with E-state index in [0.717, 1.165) is 18.9 Å². The number of piperidine rings is 1. The molecule has 5 rings (SSSR count). The second kappa shape index (κ2) is 8.61. The van der Waals surface area contributed by atoms with Crippen LogP contribution in [-0.4, -0.2) is 24.5 Å². The Morgan fingerprint density at radius 1 is 0.759 bits per heavy atom. The van der Waals surface area contributed by atoms with Gasteiger partial charge in [-0.2, -0.15) is 0 Å². The van der Waals surface area contributed by atoms with E-state index in [4.69, 9.17) is 0 Å². The predicted octanol–water partition coefficient (Wildman–Crippen LogP) is 6.85. The van der Waals surface area contributed by atoms with Gasteiger partial charge < -0.3 is 4.90 Å². The van der Waals surface area contributed by atoms with Crippen molar-refractivity contribution in [1.82, 2.24) is 4.90 Å². The van der Waals surface area contributed by atoms with Crippen molar-refractivity contribution < 1.29 is 0 Å². The summed E-state index contributed by atoms with van der Waals surface area (Å²) in [6.45, 7) is 3.58. The zero-order valence-corrected chi connectivity index (χ0v) is 17.6. The first-order valence-electron chi connectivity index (χ1n) is 10.7. The van der Waals surface area contributed by atoms with Crippen LogP contribution < -0.4 is 0 Å². The summed E-state index contributed by atoms with van der Waals surface area (Å²) in [7, 11) is 0. The quantitative estimate of drug-likeness (QED) is 0.370. The molecule has 1 fully saturated rings. The number of fused-ring (bicyclic) bond motifs is 2. The Bertz CT molecular complexity index is 952. The fourth-order valence-corrected chi connectivity index (χ4v) is 5.75. The average Bonchev–Trinajstić information content (AvgIpc) is 2.79. The van der Waals surface area contributed by atoms with Gasteiger partial charge in [-0.3, -0.25) is 0 Å². The second-order valence-corrected chi connectivity index (χ2v) is 9.11. The van der Waals surface area contributed by atoms with Gasteiger partial charge in [0.2, 0.25) is 0 Å². The van der Waals surface area contributed by atoms with E-state index in [1.165, 1.54) is 58.0 Å². The molecule has 2 heterocycles. The molecule has 2 aliphatic rings. The molecule has 1 nitrogen and oxygen atoms in total. The minimum Gasteiger partial charge on any atom is -0.303 e. The Labute approximate surface area is 178 Å². The maximum absolute atomic E-state index is 2.64. The van der Waals surface area contributed by atoms with Gasteiger partial charge in [0.1, 0.15) is 0 Å². The maximum Gasteiger partial charge on any atom is 0.0201 e. The summed E-state index contributed by atoms with van der Waals surface area (Å²) in [5.74, 6) is 0.736. The molecule has 0 atom stereocenters. The molecular weight excluding hydrogens is 370 g/mol. The summed E-state index contributed by atoms with van der Waals surface area (Å²) in [5, 5.41) is 0. The lowest BCUT2D eigenvalue weighted by molar-refractivity contribution is 0.216. The van der Waals surface area contributed by atoms with Gasteiger partial charge in [-0.05, 0) is 72.7 Å². The summed E-state index contributed by atoms with van der Waals surface area (Å²) in [5.41, 5.74) is 5.70. The summed E-state index contributed by atoms with van der Waals surface area (Å²) in [6, 6.07) is 28.7. The van der Waals surface area contributed by atoms with Crippen LogP contribution in [0.2, 0.25) is 0 Å². The van der Waals surface area contributed by atoms with Crippen molar-refractivity contribution in [2.45, 2.75) is 35.0 Å². The average molecular weight is 398 g/mol. The molecule has 2 heteroatoms. The van der Waals surface area contributed by atoms with Gasteiger partial charge >= 0.3 is 0 Å². The van der Waals surface area contributed by atoms with E-state index in [0.29, 0.717) is 0 Å². The minimum absolute atomic E-state index is 0.736. The summed E-state index contributed by atoms with van der Waals surface area (Å²) in [6.07, 6.45) is 6.14. The van der Waals surface area contributed by atoms with Gasteiger partial charge in [-0.1, -0.05) is 84.6 Å². The molecule has 0 aliphatic carbocycles. The monoisotopic (exact) mass is 397 g/mol. The van der Waals surface area contributed by atoms with Crippen molar-refractivity contribution in [2.24, 2.45) is 0 Å². The van der Waals surface area contributed by atoms with Crippen LogP contribution >= 0.6 is 11.8 Å². The van der Waals surface area contributed by atoms with Crippen LogP contribution in [0.15, 0.2) is 94.7 Å². The highest BCUT2D eigenvalue weighted by molar-refractivity contribution is 7.99. The standard InChI is InChI=1S/C27H27NS/c1-2-9-21(10-3-1)22-16-19-28(20-17-22)18-8-13-23-24-11-4-6-14-26(24)29-27-15-7-5-12-25(23)27/h1-7,9-15,22H,8,16-20H2. The lowest BCUT2D eigenvalue weighted by Gasteiger charge is -2.32. The number of nitrogens with zero attached hydrogens (tertiary/aromatic N) is 1. The number of rotatable bonds is 4. The number of likely N-dealkylation sites (tertiary alicyclic amines) is 1. The second-order valence-electron chi connectivity index (χ2n) is 8.03. The van der Waals surface area contributed by atoms with Crippen molar-refractivity contribution in [2.75, 3.05) is 19.6 Å². The first-order valence-corrected chi connectivity index (χ1v) is 11.5. The zero-order valence-electron chi connectivity index (χ0n) is 16.8. The summed E-state index contributed by atoms with van der Waals surface area (Å²) in [4.78, 5) is 5.40. The summed E-state index contributed by atoms with van der Waals surface area (Å²) < 4.78 is 0. The normalized spacial score (nSPS) is 16.9. The van der Waals surface area contributed by atoms with Gasteiger partial charge in [-0.15, -0.1) is 0 Å². The minimum atomic E-state index is 0.736. The highest BCUT2D eigenvalue weighted by Gasteiger charge is 2.21. The fourth-order valence-electron chi connectivity index (χ4n) is 4.65. The van der Waals surface area contributed by atoms with Crippen LogP contribution in [0.4, 0.5) is 0 Å². The molecule has 1 saturated heterocycles. The molecule has 3 aromatic rings. The molecule has 0 radical (unpaired) electrons. The van der Waals surface area contributed by atoms with Crippen LogP contribution in [0.3, 0.4) is 0 Å². The zero-order chi connectivity index (χ0) is 19.5. The Kier molecular flexibility index (Phi) is 5.56. The van der Waals surface area contributed by atoms with Crippen LogP contribution in [0, 0.1) is 0 Å². The number of hydrogen-bond acceptors (Lipinski definition) is 2. The SMILES string of the molecule is C(CCN1CCC(c2ccccc2)CC1)=C1c2ccccc2Sc2ccccc21. The molecule has 0 spiro atoms. The van der Waals surface area contributed by atoms with E-state index in [9.17, 15) is 0 Å². The molecule has 146 valence electrons. The summed E-state index contributed by atoms with van der Waals surface area (Å²) >= 11 is 1.89. The molecule has 0 aromatic heterocycles. The van der Waals surface area contributed by atoms with E-state index >= 15 is 0 Å². The Morgan fingerprint density at radius 3 is 2.00 bits per heavy atom. The predicted molar refractivity (Wildman–Crippen MR) is 124 cm³/mol. The van der Waals surface area contributed by atoms with E-state index in [2.05, 4.69) is 89.8 Å². The molecule has 0 N–H and O–H groups in total. The fraction of sp³-hybridized carbons (Fsp3) is 0.259. The van der Waals surface area contributed by atoms with Gasteiger partial charge in [0.25, 0.3) is 0 Å². The first kappa shape index (κ1) is 18.7. The van der Waals surface area contributed by atoms with Gasteiger partial charge in [0.05, 0.1) is 0 Å². The van der Waals surface area contributed by atoms with E-state index in [-0.39, 0.29) is 0 Å². The Balaban J connectivity index is 1.26. The van der Waals surface area contributed by atoms with Crippen LogP contribution in [0.25, 0.3) is 5.57 Å². The van der Waals surface area contributed by atoms with Crippen molar-refractivity contribution in [3.63, 3.8) is 0 Å². The smallest absolute Gasteiger partial charge is 0.0201 e. The molecular formula is C27H27NS. The largest absolute Gasteiger partial charge is 0.303 e. The third-order valence-electron chi connectivity index (χ3n) is 6.23. The van der Waals surface area contributed by atoms with Gasteiger partial charge in [-0.25, -0.2) is 0 Å². The molecule has 0 saturated carbocycles. The van der Waals surface area contributed by atoms with Crippen molar-refractivity contribution >= 4 is 17.3 Å². The van der Waals surface area contributed by atoms with Crippen molar-refractivity contribution in [1.29, 1.82) is 0 Å². The first-order chi connectivity index (χ1) is 14.4. The molecule has 0 bridgehead atoms. The van der Waals surface area contributed by atoms with E-state index in [1.807, 2.05) is 11.8 Å². The third kappa shape index (κ3) is 4.05. The molecule has 3 aromatic carbocycles. The highest BCUT2D eigenvalue weighted by atomic mass is 32.2. The molecule has 0 unspecified atom stereocenters. The lowest BCUT2D eigenvalue weighted by Crippen LogP contribution is -2.33. The maximum atomic E-state index is 2.64. The van der Waals surface area contributed by atoms with E-state index < -0.39 is 0 Å². The molecule has 2 aliphatic heterocycles. The van der Waals surface area contributed by atoms with Crippen LogP contribution in [0.1, 0.15) is 41.9 Å². The van der Waals surface area contributed by atoms with Crippen molar-refractivity contribution in [3.05, 3.63) is 102 Å². The topological polar surface area (TPSA) is 3.24 Å². The number of hydrogen-bond donors (Lipinski definition) is 0. The highest BCUT2D eigenvalue weighted by Crippen LogP contribution is 2.45. The Hall–Kier alpha value is -2.29. The van der Waals surface area contributed by atoms with Gasteiger partial charge in [0, 0.05) is 16.3 Å². The molecule has 0 amide bonds. The number of benzene rings is 3.